The quantitative estimate of drug-likeness (QED) is 0.418. The monoisotopic (exact) mass is 276 g/mol. The van der Waals surface area contributed by atoms with Gasteiger partial charge < -0.3 is 4.55 Å². The van der Waals surface area contributed by atoms with Crippen LogP contribution in [0.1, 0.15) is 20.7 Å². The summed E-state index contributed by atoms with van der Waals surface area (Å²) in [6, 6.07) is 5.76. The van der Waals surface area contributed by atoms with Crippen molar-refractivity contribution in [2.45, 2.75) is 0 Å². The standard InChI is InChI=1S/C10H6O5S.K/c11-8-5-9(16(13,14)15)10(12)7-4-2-1-3-6(7)8;/h1-5H,(H,13,14,15);/q;+1/p-1. The van der Waals surface area contributed by atoms with Crippen LogP contribution in [0.5, 0.6) is 0 Å². The van der Waals surface area contributed by atoms with E-state index in [0.717, 1.165) is 0 Å². The van der Waals surface area contributed by atoms with Crippen LogP contribution in [0.2, 0.25) is 0 Å². The first-order chi connectivity index (χ1) is 7.41. The summed E-state index contributed by atoms with van der Waals surface area (Å²) in [6.07, 6.45) is 0.576. The van der Waals surface area contributed by atoms with E-state index in [1.54, 1.807) is 6.07 Å². The first kappa shape index (κ1) is 14.9. The van der Waals surface area contributed by atoms with Gasteiger partial charge >= 0.3 is 51.4 Å². The van der Waals surface area contributed by atoms with Crippen LogP contribution in [0.15, 0.2) is 35.2 Å². The molecule has 0 saturated carbocycles. The van der Waals surface area contributed by atoms with E-state index in [1.165, 1.54) is 18.2 Å². The molecule has 1 aliphatic rings. The van der Waals surface area contributed by atoms with Crippen molar-refractivity contribution in [3.63, 3.8) is 0 Å². The van der Waals surface area contributed by atoms with E-state index in [0.29, 0.717) is 6.08 Å². The van der Waals surface area contributed by atoms with E-state index in [2.05, 4.69) is 0 Å². The van der Waals surface area contributed by atoms with Gasteiger partial charge in [0.15, 0.2) is 5.78 Å². The van der Waals surface area contributed by atoms with Gasteiger partial charge in [-0.3, -0.25) is 9.59 Å². The van der Waals surface area contributed by atoms with E-state index < -0.39 is 26.6 Å². The molecule has 0 aromatic heterocycles. The van der Waals surface area contributed by atoms with Gasteiger partial charge in [0.1, 0.15) is 15.0 Å². The molecular weight excluding hydrogens is 271 g/mol. The molecule has 0 radical (unpaired) electrons. The Morgan fingerprint density at radius 2 is 1.53 bits per heavy atom. The molecule has 0 unspecified atom stereocenters. The van der Waals surface area contributed by atoms with Crippen LogP contribution < -0.4 is 51.4 Å². The fourth-order valence-corrected chi connectivity index (χ4v) is 2.07. The number of carbonyl (C=O) groups excluding carboxylic acids is 2. The fraction of sp³-hybridized carbons (Fsp3) is 0. The number of hydrogen-bond acceptors (Lipinski definition) is 5. The first-order valence-electron chi connectivity index (χ1n) is 4.27. The van der Waals surface area contributed by atoms with Crippen molar-refractivity contribution < 1.29 is 73.9 Å². The fourth-order valence-electron chi connectivity index (χ4n) is 1.48. The van der Waals surface area contributed by atoms with Gasteiger partial charge in [-0.2, -0.15) is 0 Å². The minimum absolute atomic E-state index is 0. The average Bonchev–Trinajstić information content (AvgIpc) is 2.22. The molecule has 0 N–H and O–H groups in total. The van der Waals surface area contributed by atoms with Crippen molar-refractivity contribution in [1.29, 1.82) is 0 Å². The summed E-state index contributed by atoms with van der Waals surface area (Å²) in [5.41, 5.74) is 0.0596. The molecule has 0 heterocycles. The molecule has 82 valence electrons. The van der Waals surface area contributed by atoms with E-state index in [4.69, 9.17) is 0 Å². The number of fused-ring (bicyclic) bond motifs is 1. The predicted molar refractivity (Wildman–Crippen MR) is 52.9 cm³/mol. The van der Waals surface area contributed by atoms with Crippen LogP contribution in [0.4, 0.5) is 0 Å². The molecule has 5 nitrogen and oxygen atoms in total. The largest absolute Gasteiger partial charge is 1.00 e. The second kappa shape index (κ2) is 5.23. The zero-order valence-electron chi connectivity index (χ0n) is 8.84. The number of carbonyl (C=O) groups is 2. The number of Topliss-reactive ketones (excluding diaryl/α,β-unsaturated/α-hetero) is 1. The van der Waals surface area contributed by atoms with Gasteiger partial charge in [0.25, 0.3) is 0 Å². The molecule has 0 saturated heterocycles. The minimum atomic E-state index is -4.91. The minimum Gasteiger partial charge on any atom is -0.744 e. The molecular formula is C10H5KO5S. The number of allylic oxidation sites excluding steroid dienone is 2. The molecule has 0 atom stereocenters. The first-order valence-corrected chi connectivity index (χ1v) is 5.68. The summed E-state index contributed by atoms with van der Waals surface area (Å²) in [5.74, 6) is -1.57. The number of ketones is 2. The molecule has 0 aliphatic heterocycles. The normalized spacial score (nSPS) is 14.8. The third-order valence-electron chi connectivity index (χ3n) is 2.19. The van der Waals surface area contributed by atoms with Gasteiger partial charge in [-0.1, -0.05) is 24.3 Å². The third kappa shape index (κ3) is 2.82. The number of benzene rings is 1. The maximum atomic E-state index is 11.6. The molecule has 2 rings (SSSR count). The van der Waals surface area contributed by atoms with Crippen LogP contribution in [0, 0.1) is 0 Å². The summed E-state index contributed by atoms with van der Waals surface area (Å²) in [6.45, 7) is 0. The number of rotatable bonds is 1. The Bertz CT molecular complexity index is 630. The molecule has 17 heavy (non-hydrogen) atoms. The summed E-state index contributed by atoms with van der Waals surface area (Å²) in [5, 5.41) is 0. The summed E-state index contributed by atoms with van der Waals surface area (Å²) < 4.78 is 32.3. The van der Waals surface area contributed by atoms with Gasteiger partial charge in [-0.15, -0.1) is 0 Å². The zero-order chi connectivity index (χ0) is 11.9. The van der Waals surface area contributed by atoms with Crippen molar-refractivity contribution in [2.24, 2.45) is 0 Å². The Balaban J connectivity index is 0.00000144. The molecule has 0 fully saturated rings. The van der Waals surface area contributed by atoms with Crippen molar-refractivity contribution in [1.82, 2.24) is 0 Å². The molecule has 0 spiro atoms. The zero-order valence-corrected chi connectivity index (χ0v) is 12.8. The van der Waals surface area contributed by atoms with Crippen molar-refractivity contribution in [2.75, 3.05) is 0 Å². The summed E-state index contributed by atoms with van der Waals surface area (Å²) in [4.78, 5) is 22.1. The van der Waals surface area contributed by atoms with Crippen LogP contribution in [-0.2, 0) is 10.1 Å². The van der Waals surface area contributed by atoms with Gasteiger partial charge in [0.05, 0.1) is 0 Å². The van der Waals surface area contributed by atoms with Crippen LogP contribution in [0.25, 0.3) is 0 Å². The van der Waals surface area contributed by atoms with Crippen molar-refractivity contribution >= 4 is 21.7 Å². The van der Waals surface area contributed by atoms with Crippen molar-refractivity contribution in [3.8, 4) is 0 Å². The van der Waals surface area contributed by atoms with Crippen LogP contribution in [-0.4, -0.2) is 24.5 Å². The molecule has 7 heteroatoms. The molecule has 1 aromatic rings. The van der Waals surface area contributed by atoms with E-state index in [1.807, 2.05) is 0 Å². The maximum absolute atomic E-state index is 11.6. The summed E-state index contributed by atoms with van der Waals surface area (Å²) in [7, 11) is -4.91. The van der Waals surface area contributed by atoms with E-state index in [-0.39, 0.29) is 62.5 Å². The van der Waals surface area contributed by atoms with Gasteiger partial charge in [0, 0.05) is 17.2 Å². The Morgan fingerprint density at radius 1 is 1.00 bits per heavy atom. The second-order valence-electron chi connectivity index (χ2n) is 3.20. The summed E-state index contributed by atoms with van der Waals surface area (Å²) >= 11 is 0. The van der Waals surface area contributed by atoms with Gasteiger partial charge in [-0.05, 0) is 0 Å². The van der Waals surface area contributed by atoms with Crippen molar-refractivity contribution in [3.05, 3.63) is 46.4 Å². The Hall–Kier alpha value is -0.154. The second-order valence-corrected chi connectivity index (χ2v) is 4.55. The number of hydrogen-bond donors (Lipinski definition) is 0. The molecule has 0 bridgehead atoms. The predicted octanol–water partition coefficient (Wildman–Crippen LogP) is -2.50. The van der Waals surface area contributed by atoms with Crippen LogP contribution >= 0.6 is 0 Å². The molecule has 1 aliphatic carbocycles. The average molecular weight is 276 g/mol. The van der Waals surface area contributed by atoms with E-state index in [9.17, 15) is 22.6 Å². The Labute approximate surface area is 140 Å². The third-order valence-corrected chi connectivity index (χ3v) is 3.03. The van der Waals surface area contributed by atoms with E-state index >= 15 is 0 Å². The maximum Gasteiger partial charge on any atom is 1.00 e. The van der Waals surface area contributed by atoms with Crippen LogP contribution in [0.3, 0.4) is 0 Å². The smallest absolute Gasteiger partial charge is 0.744 e. The Morgan fingerprint density at radius 3 is 2.06 bits per heavy atom. The van der Waals surface area contributed by atoms with Gasteiger partial charge in [0.2, 0.25) is 5.78 Å². The molecule has 0 amide bonds. The SMILES string of the molecule is O=C1C=C(S(=O)(=O)[O-])C(=O)c2ccccc21.[K+]. The molecule has 1 aromatic carbocycles. The van der Waals surface area contributed by atoms with Gasteiger partial charge in [-0.25, -0.2) is 8.42 Å². The Kier molecular flexibility index (Phi) is 4.58. The topological polar surface area (TPSA) is 91.3 Å².